The Bertz CT molecular complexity index is 852. The van der Waals surface area contributed by atoms with Gasteiger partial charge in [0, 0.05) is 21.8 Å². The summed E-state index contributed by atoms with van der Waals surface area (Å²) in [6, 6.07) is 4.11. The van der Waals surface area contributed by atoms with Gasteiger partial charge in [0.1, 0.15) is 0 Å². The molecule has 0 amide bonds. The lowest BCUT2D eigenvalue weighted by Gasteiger charge is -2.18. The van der Waals surface area contributed by atoms with E-state index in [4.69, 9.17) is 23.2 Å². The summed E-state index contributed by atoms with van der Waals surface area (Å²) >= 11 is 17.5. The molecule has 2 rings (SSSR count). The predicted molar refractivity (Wildman–Crippen MR) is 102 cm³/mol. The third kappa shape index (κ3) is 4.52. The van der Waals surface area contributed by atoms with E-state index in [1.54, 1.807) is 0 Å². The average Bonchev–Trinajstić information content (AvgIpc) is 2.58. The maximum atomic E-state index is 13.3. The van der Waals surface area contributed by atoms with Gasteiger partial charge in [-0.3, -0.25) is 4.79 Å². The molecule has 0 aliphatic rings. The molecule has 152 valence electrons. The van der Waals surface area contributed by atoms with Crippen LogP contribution in [0.15, 0.2) is 24.3 Å². The fraction of sp³-hybridized carbons (Fsp3) is 0.235. The molecule has 11 heteroatoms. The molecule has 0 heterocycles. The monoisotopic (exact) mass is 570 g/mol. The molecule has 0 unspecified atom stereocenters. The van der Waals surface area contributed by atoms with Gasteiger partial charge in [0.2, 0.25) is 0 Å². The molecule has 0 saturated carbocycles. The fourth-order valence-electron chi connectivity index (χ4n) is 2.56. The number of carbonyl (C=O) groups excluding carboxylic acids is 1. The van der Waals surface area contributed by atoms with Crippen molar-refractivity contribution in [3.8, 4) is 0 Å². The summed E-state index contributed by atoms with van der Waals surface area (Å²) < 4.78 is 80.1. The normalized spacial score (nSPS) is 12.4. The molecule has 28 heavy (non-hydrogen) atoms. The van der Waals surface area contributed by atoms with Gasteiger partial charge in [-0.25, -0.2) is 0 Å². The highest BCUT2D eigenvalue weighted by molar-refractivity contribution is 9.08. The summed E-state index contributed by atoms with van der Waals surface area (Å²) in [5.74, 6) is -1.15. The standard InChI is InChI=1S/C17H8Br2Cl2F6O/c18-5-7-1-3-9(13(20)11(7)16(22,23)24)15(28)10-4-2-8(6-19)12(14(10)21)17(25,26)27/h1-4H,5-6H2. The number of ketones is 1. The zero-order chi connectivity index (χ0) is 21.4. The number of carbonyl (C=O) groups is 1. The highest BCUT2D eigenvalue weighted by Crippen LogP contribution is 2.43. The molecule has 0 aliphatic carbocycles. The molecule has 0 aromatic heterocycles. The number of hydrogen-bond donors (Lipinski definition) is 0. The first-order valence-corrected chi connectivity index (χ1v) is 10.3. The Balaban J connectivity index is 2.72. The zero-order valence-electron chi connectivity index (χ0n) is 13.4. The van der Waals surface area contributed by atoms with E-state index in [0.717, 1.165) is 24.3 Å². The third-order valence-electron chi connectivity index (χ3n) is 3.80. The van der Waals surface area contributed by atoms with Crippen LogP contribution in [0, 0.1) is 0 Å². The van der Waals surface area contributed by atoms with Crippen LogP contribution in [0.25, 0.3) is 0 Å². The van der Waals surface area contributed by atoms with Gasteiger partial charge < -0.3 is 0 Å². The van der Waals surface area contributed by atoms with E-state index in [9.17, 15) is 31.1 Å². The van der Waals surface area contributed by atoms with E-state index in [1.807, 2.05) is 0 Å². The summed E-state index contributed by atoms with van der Waals surface area (Å²) in [6.07, 6.45) is -9.73. The van der Waals surface area contributed by atoms with Crippen LogP contribution in [0.1, 0.15) is 38.2 Å². The lowest BCUT2D eigenvalue weighted by Crippen LogP contribution is -2.15. The van der Waals surface area contributed by atoms with Crippen molar-refractivity contribution in [1.82, 2.24) is 0 Å². The third-order valence-corrected chi connectivity index (χ3v) is 5.79. The zero-order valence-corrected chi connectivity index (χ0v) is 18.1. The smallest absolute Gasteiger partial charge is 0.288 e. The van der Waals surface area contributed by atoms with Crippen molar-refractivity contribution < 1.29 is 31.1 Å². The average molecular weight is 573 g/mol. The molecule has 0 atom stereocenters. The number of benzene rings is 2. The van der Waals surface area contributed by atoms with Gasteiger partial charge in [-0.15, -0.1) is 0 Å². The maximum absolute atomic E-state index is 13.3. The van der Waals surface area contributed by atoms with Crippen molar-refractivity contribution in [1.29, 1.82) is 0 Å². The molecule has 1 nitrogen and oxygen atoms in total. The molecule has 0 spiro atoms. The van der Waals surface area contributed by atoms with Gasteiger partial charge >= 0.3 is 12.4 Å². The lowest BCUT2D eigenvalue weighted by molar-refractivity contribution is -0.138. The second kappa shape index (κ2) is 8.53. The highest BCUT2D eigenvalue weighted by Gasteiger charge is 2.39. The molecule has 0 radical (unpaired) electrons. The Hall–Kier alpha value is -0.770. The number of halogens is 10. The van der Waals surface area contributed by atoms with E-state index in [0.29, 0.717) is 0 Å². The van der Waals surface area contributed by atoms with Crippen LogP contribution in [0.2, 0.25) is 10.0 Å². The molecule has 2 aromatic carbocycles. The van der Waals surface area contributed by atoms with Gasteiger partial charge in [-0.1, -0.05) is 67.2 Å². The second-order valence-electron chi connectivity index (χ2n) is 5.51. The van der Waals surface area contributed by atoms with Crippen molar-refractivity contribution in [3.05, 3.63) is 67.7 Å². The Kier molecular flexibility index (Phi) is 7.17. The van der Waals surface area contributed by atoms with Gasteiger partial charge in [-0.2, -0.15) is 26.3 Å². The molecule has 0 saturated heterocycles. The summed E-state index contributed by atoms with van der Waals surface area (Å²) in [7, 11) is 0. The molecular weight excluding hydrogens is 565 g/mol. The quantitative estimate of drug-likeness (QED) is 0.206. The Labute approximate surface area is 182 Å². The number of hydrogen-bond acceptors (Lipinski definition) is 1. The molecule has 0 N–H and O–H groups in total. The molecule has 0 aliphatic heterocycles. The second-order valence-corrected chi connectivity index (χ2v) is 7.39. The number of rotatable bonds is 4. The summed E-state index contributed by atoms with van der Waals surface area (Å²) in [5.41, 5.74) is -4.10. The SMILES string of the molecule is O=C(c1ccc(CBr)c(C(F)(F)F)c1Cl)c1ccc(CBr)c(C(F)(F)F)c1Cl. The van der Waals surface area contributed by atoms with Crippen LogP contribution < -0.4 is 0 Å². The van der Waals surface area contributed by atoms with E-state index >= 15 is 0 Å². The highest BCUT2D eigenvalue weighted by atomic mass is 79.9. The van der Waals surface area contributed by atoms with E-state index < -0.39 is 50.4 Å². The topological polar surface area (TPSA) is 17.1 Å². The minimum absolute atomic E-state index is 0.186. The minimum atomic E-state index is -4.86. The first-order chi connectivity index (χ1) is 12.8. The van der Waals surface area contributed by atoms with Crippen LogP contribution in [0.3, 0.4) is 0 Å². The van der Waals surface area contributed by atoms with E-state index in [-0.39, 0.29) is 21.8 Å². The Morgan fingerprint density at radius 3 is 1.32 bits per heavy atom. The Morgan fingerprint density at radius 2 is 1.07 bits per heavy atom. The van der Waals surface area contributed by atoms with E-state index in [1.165, 1.54) is 0 Å². The van der Waals surface area contributed by atoms with E-state index in [2.05, 4.69) is 31.9 Å². The van der Waals surface area contributed by atoms with Crippen LogP contribution in [-0.2, 0) is 23.0 Å². The summed E-state index contributed by atoms with van der Waals surface area (Å²) in [5, 5.41) is -2.17. The van der Waals surface area contributed by atoms with Gasteiger partial charge in [-0.05, 0) is 23.3 Å². The van der Waals surface area contributed by atoms with Crippen LogP contribution in [0.5, 0.6) is 0 Å². The predicted octanol–water partition coefficient (Wildman–Crippen LogP) is 8.05. The lowest BCUT2D eigenvalue weighted by atomic mass is 9.95. The maximum Gasteiger partial charge on any atom is 0.418 e. The van der Waals surface area contributed by atoms with Crippen molar-refractivity contribution in [2.75, 3.05) is 0 Å². The fourth-order valence-corrected chi connectivity index (χ4v) is 4.25. The molecule has 0 fully saturated rings. The van der Waals surface area contributed by atoms with Crippen LogP contribution in [-0.4, -0.2) is 5.78 Å². The van der Waals surface area contributed by atoms with Gasteiger partial charge in [0.25, 0.3) is 0 Å². The minimum Gasteiger partial charge on any atom is -0.288 e. The van der Waals surface area contributed by atoms with Crippen LogP contribution in [0.4, 0.5) is 26.3 Å². The van der Waals surface area contributed by atoms with Gasteiger partial charge in [0.05, 0.1) is 21.2 Å². The van der Waals surface area contributed by atoms with Crippen LogP contribution >= 0.6 is 55.1 Å². The molecular formula is C17H8Br2Cl2F6O. The van der Waals surface area contributed by atoms with Crippen molar-refractivity contribution >= 4 is 60.8 Å². The Morgan fingerprint density at radius 1 is 0.750 bits per heavy atom. The molecule has 0 bridgehead atoms. The molecule has 2 aromatic rings. The summed E-state index contributed by atoms with van der Waals surface area (Å²) in [6.45, 7) is 0. The van der Waals surface area contributed by atoms with Crippen molar-refractivity contribution in [2.45, 2.75) is 23.0 Å². The first-order valence-electron chi connectivity index (χ1n) is 7.28. The van der Waals surface area contributed by atoms with Gasteiger partial charge in [0.15, 0.2) is 5.78 Å². The van der Waals surface area contributed by atoms with Crippen molar-refractivity contribution in [3.63, 3.8) is 0 Å². The largest absolute Gasteiger partial charge is 0.418 e. The first kappa shape index (κ1) is 23.5. The summed E-state index contributed by atoms with van der Waals surface area (Å²) in [4.78, 5) is 12.7. The number of alkyl halides is 8. The van der Waals surface area contributed by atoms with Crippen molar-refractivity contribution in [2.24, 2.45) is 0 Å².